The minimum absolute atomic E-state index is 0.313. The highest BCUT2D eigenvalue weighted by molar-refractivity contribution is 5.80. The highest BCUT2D eigenvalue weighted by Crippen LogP contribution is 2.46. The highest BCUT2D eigenvalue weighted by Gasteiger charge is 2.49. The zero-order valence-corrected chi connectivity index (χ0v) is 17.5. The maximum atomic E-state index is 12.4. The van der Waals surface area contributed by atoms with Crippen LogP contribution in [0.2, 0.25) is 0 Å². The van der Waals surface area contributed by atoms with E-state index in [-0.39, 0.29) is 23.8 Å². The lowest BCUT2D eigenvalue weighted by atomic mass is 9.93. The number of hydrogen-bond donors (Lipinski definition) is 0. The molecular weight excluding hydrogens is 376 g/mol. The Morgan fingerprint density at radius 3 is 2.31 bits per heavy atom. The van der Waals surface area contributed by atoms with E-state index in [9.17, 15) is 14.4 Å². The fourth-order valence-electron chi connectivity index (χ4n) is 3.13. The van der Waals surface area contributed by atoms with Gasteiger partial charge in [-0.3, -0.25) is 9.59 Å². The van der Waals surface area contributed by atoms with Crippen LogP contribution in [0, 0.1) is 11.8 Å². The number of esters is 2. The standard InChI is InChI=1S/C22H26O7/c1-11(2)20(24)28-18-14-9-13-7-8-17(23)26-15(13)10-16(14)27-19(18)22(5,6)29-21(25)12(3)4/h7-12,18-19H,1-6H3/t18-,19-/m1/s1. The minimum Gasteiger partial charge on any atom is -0.481 e. The predicted octanol–water partition coefficient (Wildman–Crippen LogP) is 3.77. The van der Waals surface area contributed by atoms with Gasteiger partial charge in [-0.1, -0.05) is 27.7 Å². The van der Waals surface area contributed by atoms with Crippen LogP contribution in [0.25, 0.3) is 11.0 Å². The summed E-state index contributed by atoms with van der Waals surface area (Å²) in [5.41, 5.74) is -0.544. The number of carbonyl (C=O) groups is 2. The number of carbonyl (C=O) groups excluding carboxylic acids is 2. The molecule has 0 fully saturated rings. The van der Waals surface area contributed by atoms with Crippen LogP contribution >= 0.6 is 0 Å². The molecule has 2 aromatic rings. The lowest BCUT2D eigenvalue weighted by molar-refractivity contribution is -0.181. The van der Waals surface area contributed by atoms with Crippen LogP contribution in [-0.2, 0) is 19.1 Å². The van der Waals surface area contributed by atoms with E-state index in [0.717, 1.165) is 0 Å². The molecule has 0 spiro atoms. The number of hydrogen-bond acceptors (Lipinski definition) is 7. The van der Waals surface area contributed by atoms with E-state index in [1.54, 1.807) is 59.7 Å². The molecule has 2 heterocycles. The van der Waals surface area contributed by atoms with Crippen molar-refractivity contribution in [3.8, 4) is 5.75 Å². The molecule has 156 valence electrons. The van der Waals surface area contributed by atoms with Gasteiger partial charge >= 0.3 is 17.6 Å². The van der Waals surface area contributed by atoms with Crippen LogP contribution in [0.1, 0.15) is 53.2 Å². The van der Waals surface area contributed by atoms with Gasteiger partial charge in [0.25, 0.3) is 0 Å². The van der Waals surface area contributed by atoms with E-state index < -0.39 is 23.4 Å². The summed E-state index contributed by atoms with van der Waals surface area (Å²) in [6.45, 7) is 10.4. The van der Waals surface area contributed by atoms with Crippen LogP contribution in [0.3, 0.4) is 0 Å². The zero-order chi connectivity index (χ0) is 21.5. The van der Waals surface area contributed by atoms with E-state index in [1.807, 2.05) is 0 Å². The fraction of sp³-hybridized carbons (Fsp3) is 0.500. The Balaban J connectivity index is 2.05. The van der Waals surface area contributed by atoms with Gasteiger partial charge in [-0.2, -0.15) is 0 Å². The van der Waals surface area contributed by atoms with Crippen molar-refractivity contribution < 1.29 is 28.2 Å². The van der Waals surface area contributed by atoms with E-state index in [1.165, 1.54) is 6.07 Å². The van der Waals surface area contributed by atoms with E-state index in [4.69, 9.17) is 18.6 Å². The normalized spacial score (nSPS) is 18.6. The molecule has 1 aliphatic rings. The van der Waals surface area contributed by atoms with Crippen LogP contribution < -0.4 is 10.4 Å². The molecular formula is C22H26O7. The molecule has 3 rings (SSSR count). The first-order chi connectivity index (χ1) is 13.5. The maximum Gasteiger partial charge on any atom is 0.336 e. The summed E-state index contributed by atoms with van der Waals surface area (Å²) in [6, 6.07) is 6.33. The first-order valence-corrected chi connectivity index (χ1v) is 9.67. The Labute approximate surface area is 168 Å². The molecule has 7 heteroatoms. The Morgan fingerprint density at radius 2 is 1.69 bits per heavy atom. The molecule has 0 radical (unpaired) electrons. The molecule has 0 N–H and O–H groups in total. The first-order valence-electron chi connectivity index (χ1n) is 9.67. The number of ether oxygens (including phenoxy) is 3. The van der Waals surface area contributed by atoms with Gasteiger partial charge in [0.1, 0.15) is 16.9 Å². The van der Waals surface area contributed by atoms with Gasteiger partial charge in [0.15, 0.2) is 12.2 Å². The van der Waals surface area contributed by atoms with Gasteiger partial charge in [-0.15, -0.1) is 0 Å². The second kappa shape index (κ2) is 7.54. The third-order valence-corrected chi connectivity index (χ3v) is 4.82. The van der Waals surface area contributed by atoms with Gasteiger partial charge < -0.3 is 18.6 Å². The third kappa shape index (κ3) is 4.13. The summed E-state index contributed by atoms with van der Waals surface area (Å²) in [6.07, 6.45) is -1.53. The number of rotatable bonds is 5. The third-order valence-electron chi connectivity index (χ3n) is 4.82. The molecule has 1 aliphatic heterocycles. The summed E-state index contributed by atoms with van der Waals surface area (Å²) in [4.78, 5) is 36.1. The van der Waals surface area contributed by atoms with Gasteiger partial charge in [0, 0.05) is 23.1 Å². The molecule has 0 amide bonds. The minimum atomic E-state index is -1.07. The SMILES string of the molecule is CC(C)C(=O)O[C@@H]1c2cc3ccc(=O)oc3cc2O[C@H]1C(C)(C)OC(=O)C(C)C. The van der Waals surface area contributed by atoms with E-state index in [0.29, 0.717) is 22.3 Å². The van der Waals surface area contributed by atoms with Gasteiger partial charge in [-0.25, -0.2) is 4.79 Å². The van der Waals surface area contributed by atoms with Gasteiger partial charge in [-0.05, 0) is 26.0 Å². The van der Waals surface area contributed by atoms with Crippen molar-refractivity contribution in [2.24, 2.45) is 11.8 Å². The second-order valence-electron chi connectivity index (χ2n) is 8.41. The first kappa shape index (κ1) is 20.9. The summed E-state index contributed by atoms with van der Waals surface area (Å²) in [5, 5.41) is 0.676. The molecule has 1 aromatic carbocycles. The monoisotopic (exact) mass is 402 g/mol. The quantitative estimate of drug-likeness (QED) is 0.555. The maximum absolute atomic E-state index is 12.4. The Morgan fingerprint density at radius 1 is 1.03 bits per heavy atom. The van der Waals surface area contributed by atoms with Crippen molar-refractivity contribution in [3.05, 3.63) is 40.2 Å². The molecule has 0 saturated heterocycles. The van der Waals surface area contributed by atoms with Gasteiger partial charge in [0.05, 0.1) is 11.8 Å². The molecule has 2 atom stereocenters. The molecule has 7 nitrogen and oxygen atoms in total. The lowest BCUT2D eigenvalue weighted by Crippen LogP contribution is -2.47. The largest absolute Gasteiger partial charge is 0.481 e. The summed E-state index contributed by atoms with van der Waals surface area (Å²) >= 11 is 0. The topological polar surface area (TPSA) is 92.0 Å². The lowest BCUT2D eigenvalue weighted by Gasteiger charge is -2.34. The van der Waals surface area contributed by atoms with Crippen LogP contribution in [0.5, 0.6) is 5.75 Å². The average molecular weight is 402 g/mol. The Bertz CT molecular complexity index is 1000. The summed E-state index contributed by atoms with van der Waals surface area (Å²) in [5.74, 6) is -0.986. The number of fused-ring (bicyclic) bond motifs is 2. The van der Waals surface area contributed by atoms with Crippen LogP contribution in [0.15, 0.2) is 33.5 Å². The van der Waals surface area contributed by atoms with Crippen LogP contribution in [0.4, 0.5) is 0 Å². The predicted molar refractivity (Wildman–Crippen MR) is 106 cm³/mol. The Hall–Kier alpha value is -2.83. The van der Waals surface area contributed by atoms with Crippen molar-refractivity contribution in [2.75, 3.05) is 0 Å². The molecule has 0 aliphatic carbocycles. The summed E-state index contributed by atoms with van der Waals surface area (Å²) < 4.78 is 22.7. The van der Waals surface area contributed by atoms with Gasteiger partial charge in [0.2, 0.25) is 0 Å². The molecule has 0 unspecified atom stereocenters. The van der Waals surface area contributed by atoms with E-state index >= 15 is 0 Å². The Kier molecular flexibility index (Phi) is 5.43. The van der Waals surface area contributed by atoms with Crippen molar-refractivity contribution in [3.63, 3.8) is 0 Å². The van der Waals surface area contributed by atoms with Crippen LogP contribution in [-0.4, -0.2) is 23.6 Å². The van der Waals surface area contributed by atoms with E-state index in [2.05, 4.69) is 0 Å². The molecule has 0 bridgehead atoms. The highest BCUT2D eigenvalue weighted by atomic mass is 16.6. The van der Waals surface area contributed by atoms with Crippen molar-refractivity contribution in [1.82, 2.24) is 0 Å². The average Bonchev–Trinajstić information content (AvgIpc) is 2.97. The second-order valence-corrected chi connectivity index (χ2v) is 8.41. The zero-order valence-electron chi connectivity index (χ0n) is 17.5. The molecule has 1 aromatic heterocycles. The summed E-state index contributed by atoms with van der Waals surface area (Å²) in [7, 11) is 0. The number of benzene rings is 1. The van der Waals surface area contributed by atoms with Crippen molar-refractivity contribution in [1.29, 1.82) is 0 Å². The fourth-order valence-corrected chi connectivity index (χ4v) is 3.13. The van der Waals surface area contributed by atoms with Crippen molar-refractivity contribution in [2.45, 2.75) is 59.4 Å². The smallest absolute Gasteiger partial charge is 0.336 e. The van der Waals surface area contributed by atoms with Crippen molar-refractivity contribution >= 4 is 22.9 Å². The molecule has 0 saturated carbocycles. The molecule has 29 heavy (non-hydrogen) atoms.